The molecule has 8 heteroatoms. The third-order valence-electron chi connectivity index (χ3n) is 1.29. The van der Waals surface area contributed by atoms with Crippen molar-refractivity contribution in [3.63, 3.8) is 0 Å². The van der Waals surface area contributed by atoms with Crippen LogP contribution < -0.4 is 11.1 Å². The smallest absolute Gasteiger partial charge is 0.382 e. The molecule has 0 spiro atoms. The third kappa shape index (κ3) is 2.96. The van der Waals surface area contributed by atoms with Crippen LogP contribution in [0.15, 0.2) is 6.07 Å². The highest BCUT2D eigenvalue weighted by molar-refractivity contribution is 5.92. The van der Waals surface area contributed by atoms with Crippen LogP contribution >= 0.6 is 0 Å². The predicted octanol–water partition coefficient (Wildman–Crippen LogP) is 0.284. The van der Waals surface area contributed by atoms with Crippen LogP contribution in [0.1, 0.15) is 10.5 Å². The van der Waals surface area contributed by atoms with Crippen molar-refractivity contribution in [3.05, 3.63) is 11.8 Å². The van der Waals surface area contributed by atoms with Gasteiger partial charge in [0, 0.05) is 6.07 Å². The molecule has 0 aliphatic heterocycles. The molecule has 0 saturated heterocycles. The van der Waals surface area contributed by atoms with Gasteiger partial charge in [-0.15, -0.1) is 0 Å². The molecule has 4 N–H and O–H groups in total. The van der Waals surface area contributed by atoms with Gasteiger partial charge < -0.3 is 11.1 Å². The van der Waals surface area contributed by atoms with Gasteiger partial charge in [0.2, 0.25) is 0 Å². The number of H-pyrrole nitrogens is 1. The summed E-state index contributed by atoms with van der Waals surface area (Å²) < 4.78 is 35.0. The van der Waals surface area contributed by atoms with E-state index in [0.29, 0.717) is 0 Å². The normalized spacial score (nSPS) is 11.4. The number of rotatable bonds is 2. The average molecular weight is 208 g/mol. The number of nitrogen functional groups attached to an aromatic ring is 1. The van der Waals surface area contributed by atoms with Crippen molar-refractivity contribution in [1.29, 1.82) is 0 Å². The minimum atomic E-state index is -4.43. The lowest BCUT2D eigenvalue weighted by Gasteiger charge is -2.06. The number of amides is 1. The van der Waals surface area contributed by atoms with Gasteiger partial charge in [-0.2, -0.15) is 18.3 Å². The number of hydrogen-bond donors (Lipinski definition) is 3. The molecule has 0 bridgehead atoms. The Morgan fingerprint density at radius 3 is 2.71 bits per heavy atom. The second kappa shape index (κ2) is 3.56. The zero-order valence-electron chi connectivity index (χ0n) is 6.85. The molecule has 0 fully saturated rings. The number of carbonyl (C=O) groups is 1. The summed E-state index contributed by atoms with van der Waals surface area (Å²) in [5.74, 6) is -0.853. The SMILES string of the molecule is Nc1cc(C(=O)NCC(F)(F)F)[nH]n1. The standard InChI is InChI=1S/C6H7F3N4O/c7-6(8,9)2-11-5(14)3-1-4(10)13-12-3/h1H,2H2,(H,11,14)(H3,10,12,13). The lowest BCUT2D eigenvalue weighted by molar-refractivity contribution is -0.123. The summed E-state index contributed by atoms with van der Waals surface area (Å²) in [5.41, 5.74) is 5.05. The summed E-state index contributed by atoms with van der Waals surface area (Å²) in [6.07, 6.45) is -4.43. The molecular weight excluding hydrogens is 201 g/mol. The predicted molar refractivity (Wildman–Crippen MR) is 41.4 cm³/mol. The van der Waals surface area contributed by atoms with Crippen molar-refractivity contribution in [1.82, 2.24) is 15.5 Å². The van der Waals surface area contributed by atoms with Crippen LogP contribution in [0.3, 0.4) is 0 Å². The number of anilines is 1. The quantitative estimate of drug-likeness (QED) is 0.652. The highest BCUT2D eigenvalue weighted by Crippen LogP contribution is 2.12. The Morgan fingerprint density at radius 2 is 2.29 bits per heavy atom. The maximum absolute atomic E-state index is 11.7. The van der Waals surface area contributed by atoms with Gasteiger partial charge in [-0.3, -0.25) is 9.89 Å². The lowest BCUT2D eigenvalue weighted by Crippen LogP contribution is -2.33. The maximum Gasteiger partial charge on any atom is 0.405 e. The second-order valence-electron chi connectivity index (χ2n) is 2.50. The molecule has 1 aromatic heterocycles. The number of halogens is 3. The Labute approximate surface area is 76.5 Å². The van der Waals surface area contributed by atoms with Crippen molar-refractivity contribution in [2.45, 2.75) is 6.18 Å². The Kier molecular flexibility index (Phi) is 2.63. The first-order chi connectivity index (χ1) is 6.38. The highest BCUT2D eigenvalue weighted by Gasteiger charge is 2.28. The summed E-state index contributed by atoms with van der Waals surface area (Å²) in [5, 5.41) is 7.24. The first-order valence-electron chi connectivity index (χ1n) is 3.54. The van der Waals surface area contributed by atoms with Crippen LogP contribution in [0.5, 0.6) is 0 Å². The third-order valence-corrected chi connectivity index (χ3v) is 1.29. The summed E-state index contributed by atoms with van der Waals surface area (Å²) >= 11 is 0. The monoisotopic (exact) mass is 208 g/mol. The summed E-state index contributed by atoms with van der Waals surface area (Å²) in [4.78, 5) is 11.0. The number of nitrogens with zero attached hydrogens (tertiary/aromatic N) is 1. The molecule has 0 aromatic carbocycles. The number of aromatic amines is 1. The molecule has 0 unspecified atom stereocenters. The van der Waals surface area contributed by atoms with Crippen LogP contribution in [-0.2, 0) is 0 Å². The number of aromatic nitrogens is 2. The molecule has 0 aliphatic carbocycles. The zero-order valence-corrected chi connectivity index (χ0v) is 6.85. The van der Waals surface area contributed by atoms with E-state index in [1.165, 1.54) is 0 Å². The van der Waals surface area contributed by atoms with E-state index >= 15 is 0 Å². The molecule has 0 atom stereocenters. The van der Waals surface area contributed by atoms with Gasteiger partial charge in [0.25, 0.3) is 5.91 Å². The van der Waals surface area contributed by atoms with Crippen molar-refractivity contribution in [2.24, 2.45) is 0 Å². The van der Waals surface area contributed by atoms with Gasteiger partial charge in [-0.25, -0.2) is 0 Å². The van der Waals surface area contributed by atoms with Crippen LogP contribution in [0.25, 0.3) is 0 Å². The molecule has 78 valence electrons. The van der Waals surface area contributed by atoms with Crippen molar-refractivity contribution < 1.29 is 18.0 Å². The number of nitrogens with one attached hydrogen (secondary N) is 2. The molecule has 0 radical (unpaired) electrons. The van der Waals surface area contributed by atoms with Crippen LogP contribution in [0.2, 0.25) is 0 Å². The Hall–Kier alpha value is -1.73. The molecule has 1 amide bonds. The van der Waals surface area contributed by atoms with Gasteiger partial charge >= 0.3 is 6.18 Å². The topological polar surface area (TPSA) is 83.8 Å². The molecule has 0 saturated carbocycles. The van der Waals surface area contributed by atoms with Gasteiger partial charge in [0.15, 0.2) is 0 Å². The average Bonchev–Trinajstić information content (AvgIpc) is 2.46. The van der Waals surface area contributed by atoms with E-state index < -0.39 is 18.6 Å². The lowest BCUT2D eigenvalue weighted by atomic mass is 10.4. The minimum Gasteiger partial charge on any atom is -0.382 e. The van der Waals surface area contributed by atoms with Crippen LogP contribution in [0, 0.1) is 0 Å². The van der Waals surface area contributed by atoms with Gasteiger partial charge in [-0.05, 0) is 0 Å². The van der Waals surface area contributed by atoms with E-state index in [9.17, 15) is 18.0 Å². The molecular formula is C6H7F3N4O. The molecule has 1 aromatic rings. The number of alkyl halides is 3. The van der Waals surface area contributed by atoms with Gasteiger partial charge in [0.05, 0.1) is 0 Å². The molecule has 5 nitrogen and oxygen atoms in total. The first kappa shape index (κ1) is 10.4. The molecule has 0 aliphatic rings. The largest absolute Gasteiger partial charge is 0.405 e. The summed E-state index contributed by atoms with van der Waals surface area (Å²) in [7, 11) is 0. The van der Waals surface area contributed by atoms with Crippen LogP contribution in [-0.4, -0.2) is 28.8 Å². The summed E-state index contributed by atoms with van der Waals surface area (Å²) in [6.45, 7) is -1.38. The van der Waals surface area contributed by atoms with Gasteiger partial charge in [-0.1, -0.05) is 0 Å². The highest BCUT2D eigenvalue weighted by atomic mass is 19.4. The van der Waals surface area contributed by atoms with Crippen molar-refractivity contribution >= 4 is 11.7 Å². The van der Waals surface area contributed by atoms with E-state index in [1.54, 1.807) is 5.32 Å². The van der Waals surface area contributed by atoms with E-state index in [1.807, 2.05) is 0 Å². The minimum absolute atomic E-state index is 0.0437. The van der Waals surface area contributed by atoms with Crippen molar-refractivity contribution in [3.8, 4) is 0 Å². The molecule has 1 rings (SSSR count). The summed E-state index contributed by atoms with van der Waals surface area (Å²) in [6, 6.07) is 1.14. The van der Waals surface area contributed by atoms with E-state index in [0.717, 1.165) is 6.07 Å². The number of carbonyl (C=O) groups excluding carboxylic acids is 1. The number of nitrogens with two attached hydrogens (primary N) is 1. The van der Waals surface area contributed by atoms with Crippen LogP contribution in [0.4, 0.5) is 19.0 Å². The van der Waals surface area contributed by atoms with Gasteiger partial charge in [0.1, 0.15) is 18.1 Å². The fourth-order valence-corrected chi connectivity index (χ4v) is 0.729. The fourth-order valence-electron chi connectivity index (χ4n) is 0.729. The first-order valence-corrected chi connectivity index (χ1v) is 3.54. The second-order valence-corrected chi connectivity index (χ2v) is 2.50. The maximum atomic E-state index is 11.7. The fraction of sp³-hybridized carbons (Fsp3) is 0.333. The number of hydrogen-bond acceptors (Lipinski definition) is 3. The van der Waals surface area contributed by atoms with E-state index in [-0.39, 0.29) is 11.5 Å². The molecule has 1 heterocycles. The van der Waals surface area contributed by atoms with Crippen molar-refractivity contribution in [2.75, 3.05) is 12.3 Å². The van der Waals surface area contributed by atoms with E-state index in [4.69, 9.17) is 5.73 Å². The van der Waals surface area contributed by atoms with E-state index in [2.05, 4.69) is 10.2 Å². The Balaban J connectivity index is 2.52. The Bertz CT molecular complexity index is 332. The molecule has 14 heavy (non-hydrogen) atoms. The zero-order chi connectivity index (χ0) is 10.8. The Morgan fingerprint density at radius 1 is 1.64 bits per heavy atom.